The molecule has 180 valence electrons. The highest BCUT2D eigenvalue weighted by Gasteiger charge is 2.23. The van der Waals surface area contributed by atoms with E-state index in [0.29, 0.717) is 31.7 Å². The van der Waals surface area contributed by atoms with E-state index in [-0.39, 0.29) is 23.8 Å². The van der Waals surface area contributed by atoms with E-state index in [9.17, 15) is 14.7 Å². The van der Waals surface area contributed by atoms with Crippen LogP contribution < -0.4 is 5.32 Å². The van der Waals surface area contributed by atoms with Crippen molar-refractivity contribution in [3.63, 3.8) is 0 Å². The number of carboxylic acids is 1. The lowest BCUT2D eigenvalue weighted by molar-refractivity contribution is 0.0472. The fourth-order valence-electron chi connectivity index (χ4n) is 4.31. The molecule has 4 rings (SSSR count). The van der Waals surface area contributed by atoms with Crippen molar-refractivity contribution in [3.8, 4) is 0 Å². The number of nitrogens with one attached hydrogen (secondary N) is 1. The van der Waals surface area contributed by atoms with Gasteiger partial charge >= 0.3 is 11.9 Å². The molecule has 0 saturated carbocycles. The quantitative estimate of drug-likeness (QED) is 0.479. The number of nitrogens with zero attached hydrogens (tertiary/aromatic N) is 3. The summed E-state index contributed by atoms with van der Waals surface area (Å²) < 4.78 is 13.1. The first-order valence-electron chi connectivity index (χ1n) is 11.6. The van der Waals surface area contributed by atoms with E-state index in [1.807, 2.05) is 18.5 Å². The molecule has 0 atom stereocenters. The molecule has 3 aromatic rings. The summed E-state index contributed by atoms with van der Waals surface area (Å²) in [5, 5.41) is 18.4. The molecule has 9 heteroatoms. The van der Waals surface area contributed by atoms with Crippen molar-refractivity contribution in [1.82, 2.24) is 14.8 Å². The molecule has 2 N–H and O–H groups in total. The maximum absolute atomic E-state index is 12.9. The largest absolute Gasteiger partial charge is 0.478 e. The molecular formula is C25H30N4O5. The zero-order valence-electron chi connectivity index (χ0n) is 19.8. The van der Waals surface area contributed by atoms with Gasteiger partial charge in [0.05, 0.1) is 34.1 Å². The number of hydrogen-bond acceptors (Lipinski definition) is 7. The second-order valence-corrected chi connectivity index (χ2v) is 8.46. The van der Waals surface area contributed by atoms with E-state index in [0.717, 1.165) is 40.8 Å². The third-order valence-corrected chi connectivity index (χ3v) is 6.08. The minimum absolute atomic E-state index is 0.0180. The first-order valence-corrected chi connectivity index (χ1v) is 11.6. The molecule has 1 aliphatic rings. The Hall–Kier alpha value is -3.46. The van der Waals surface area contributed by atoms with Crippen LogP contribution in [0, 0.1) is 6.92 Å². The van der Waals surface area contributed by atoms with Crippen LogP contribution in [-0.4, -0.2) is 51.1 Å². The fraction of sp³-hybridized carbons (Fsp3) is 0.440. The average molecular weight is 467 g/mol. The number of carboxylic acid groups (broad SMARTS) is 1. The lowest BCUT2D eigenvalue weighted by Crippen LogP contribution is -2.28. The van der Waals surface area contributed by atoms with Crippen molar-refractivity contribution < 1.29 is 24.2 Å². The molecule has 0 aliphatic carbocycles. The Kier molecular flexibility index (Phi) is 7.12. The fourth-order valence-corrected chi connectivity index (χ4v) is 4.31. The monoisotopic (exact) mass is 466 g/mol. The molecule has 9 nitrogen and oxygen atoms in total. The van der Waals surface area contributed by atoms with Crippen LogP contribution in [0.3, 0.4) is 0 Å². The van der Waals surface area contributed by atoms with Gasteiger partial charge in [-0.1, -0.05) is 6.92 Å². The number of ether oxygens (including phenoxy) is 2. The van der Waals surface area contributed by atoms with Gasteiger partial charge in [0, 0.05) is 31.4 Å². The minimum atomic E-state index is -1.09. The molecule has 2 aromatic heterocycles. The Morgan fingerprint density at radius 2 is 1.94 bits per heavy atom. The predicted octanol–water partition coefficient (Wildman–Crippen LogP) is 3.97. The van der Waals surface area contributed by atoms with E-state index in [1.54, 1.807) is 19.2 Å². The number of carbonyl (C=O) groups is 2. The van der Waals surface area contributed by atoms with Crippen molar-refractivity contribution in [2.24, 2.45) is 0 Å². The molecule has 0 unspecified atom stereocenters. The highest BCUT2D eigenvalue weighted by atomic mass is 16.5. The number of fused-ring (bicyclic) bond motifs is 1. The SMILES string of the molecule is CCc1nc2c(cnn2CC)c(NC2CCOCC2)c1COC(=O)c1cc(C)cc(C(=O)O)c1. The van der Waals surface area contributed by atoms with Crippen LogP contribution in [0.2, 0.25) is 0 Å². The molecule has 0 radical (unpaired) electrons. The summed E-state index contributed by atoms with van der Waals surface area (Å²) in [7, 11) is 0. The molecule has 3 heterocycles. The zero-order chi connectivity index (χ0) is 24.2. The standard InChI is InChI=1S/C25H30N4O5/c1-4-21-20(14-34-25(32)17-11-15(3)10-16(12-17)24(30)31)22(27-18-6-8-33-9-7-18)19-13-26-29(5-2)23(19)28-21/h10-13,18H,4-9,14H2,1-3H3,(H,27,28)(H,30,31). The predicted molar refractivity (Wildman–Crippen MR) is 127 cm³/mol. The smallest absolute Gasteiger partial charge is 0.338 e. The van der Waals surface area contributed by atoms with Gasteiger partial charge < -0.3 is 19.9 Å². The Labute approximate surface area is 198 Å². The molecular weight excluding hydrogens is 436 g/mol. The number of hydrogen-bond donors (Lipinski definition) is 2. The van der Waals surface area contributed by atoms with Crippen molar-refractivity contribution in [1.29, 1.82) is 0 Å². The van der Waals surface area contributed by atoms with E-state index in [1.165, 1.54) is 12.1 Å². The van der Waals surface area contributed by atoms with Crippen LogP contribution in [-0.2, 0) is 29.0 Å². The van der Waals surface area contributed by atoms with Crippen LogP contribution in [0.4, 0.5) is 5.69 Å². The lowest BCUT2D eigenvalue weighted by Gasteiger charge is -2.26. The highest BCUT2D eigenvalue weighted by molar-refractivity contribution is 5.95. The molecule has 0 spiro atoms. The number of esters is 1. The second-order valence-electron chi connectivity index (χ2n) is 8.46. The molecule has 1 aliphatic heterocycles. The van der Waals surface area contributed by atoms with E-state index in [2.05, 4.69) is 10.4 Å². The third-order valence-electron chi connectivity index (χ3n) is 6.08. The van der Waals surface area contributed by atoms with Crippen molar-refractivity contribution in [2.45, 2.75) is 59.2 Å². The number of pyridine rings is 1. The third kappa shape index (κ3) is 4.89. The van der Waals surface area contributed by atoms with Gasteiger partial charge in [-0.05, 0) is 56.9 Å². The first-order chi connectivity index (χ1) is 16.4. The van der Waals surface area contributed by atoms with Crippen molar-refractivity contribution in [3.05, 3.63) is 52.3 Å². The van der Waals surface area contributed by atoms with Crippen LogP contribution in [0.5, 0.6) is 0 Å². The van der Waals surface area contributed by atoms with Gasteiger partial charge in [0.15, 0.2) is 5.65 Å². The summed E-state index contributed by atoms with van der Waals surface area (Å²) >= 11 is 0. The lowest BCUT2D eigenvalue weighted by atomic mass is 10.0. The highest BCUT2D eigenvalue weighted by Crippen LogP contribution is 2.32. The number of benzene rings is 1. The van der Waals surface area contributed by atoms with Crippen molar-refractivity contribution >= 4 is 28.7 Å². The molecule has 1 saturated heterocycles. The maximum atomic E-state index is 12.9. The maximum Gasteiger partial charge on any atom is 0.338 e. The van der Waals surface area contributed by atoms with E-state index < -0.39 is 11.9 Å². The van der Waals surface area contributed by atoms with E-state index in [4.69, 9.17) is 14.5 Å². The number of aromatic nitrogens is 3. The van der Waals surface area contributed by atoms with Gasteiger partial charge in [-0.2, -0.15) is 5.10 Å². The summed E-state index contributed by atoms with van der Waals surface area (Å²) in [5.74, 6) is -1.66. The summed E-state index contributed by atoms with van der Waals surface area (Å²) in [5.41, 5.74) is 4.28. The van der Waals surface area contributed by atoms with Crippen LogP contribution in [0.1, 0.15) is 64.2 Å². The number of aromatic carboxylic acids is 1. The van der Waals surface area contributed by atoms with Crippen LogP contribution in [0.25, 0.3) is 11.0 Å². The Balaban J connectivity index is 1.68. The summed E-state index contributed by atoms with van der Waals surface area (Å²) in [6, 6.07) is 4.72. The molecule has 34 heavy (non-hydrogen) atoms. The Morgan fingerprint density at radius 1 is 1.21 bits per heavy atom. The Morgan fingerprint density at radius 3 is 2.62 bits per heavy atom. The average Bonchev–Trinajstić information content (AvgIpc) is 3.26. The van der Waals surface area contributed by atoms with Crippen LogP contribution >= 0.6 is 0 Å². The van der Waals surface area contributed by atoms with Gasteiger partial charge in [-0.3, -0.25) is 0 Å². The number of carbonyl (C=O) groups excluding carboxylic acids is 1. The second kappa shape index (κ2) is 10.2. The van der Waals surface area contributed by atoms with Gasteiger partial charge in [-0.15, -0.1) is 0 Å². The number of rotatable bonds is 8. The summed E-state index contributed by atoms with van der Waals surface area (Å²) in [6.45, 7) is 7.90. The topological polar surface area (TPSA) is 116 Å². The van der Waals surface area contributed by atoms with Crippen molar-refractivity contribution in [2.75, 3.05) is 18.5 Å². The molecule has 0 bridgehead atoms. The van der Waals surface area contributed by atoms with Crippen LogP contribution in [0.15, 0.2) is 24.4 Å². The zero-order valence-corrected chi connectivity index (χ0v) is 19.8. The first kappa shape index (κ1) is 23.7. The molecule has 0 amide bonds. The Bertz CT molecular complexity index is 1210. The normalized spacial score (nSPS) is 14.3. The van der Waals surface area contributed by atoms with Gasteiger partial charge in [0.2, 0.25) is 0 Å². The van der Waals surface area contributed by atoms with E-state index >= 15 is 0 Å². The number of anilines is 1. The van der Waals surface area contributed by atoms with Gasteiger partial charge in [0.1, 0.15) is 6.61 Å². The summed E-state index contributed by atoms with van der Waals surface area (Å²) in [6.07, 6.45) is 4.23. The number of aryl methyl sites for hydroxylation is 3. The summed E-state index contributed by atoms with van der Waals surface area (Å²) in [4.78, 5) is 29.1. The van der Waals surface area contributed by atoms with Gasteiger partial charge in [0.25, 0.3) is 0 Å². The van der Waals surface area contributed by atoms with Gasteiger partial charge in [-0.25, -0.2) is 19.3 Å². The minimum Gasteiger partial charge on any atom is -0.478 e. The molecule has 1 aromatic carbocycles. The molecule has 1 fully saturated rings.